The van der Waals surface area contributed by atoms with Crippen molar-refractivity contribution in [1.82, 2.24) is 4.90 Å². The van der Waals surface area contributed by atoms with Crippen LogP contribution in [0.2, 0.25) is 0 Å². The number of thioether (sulfide) groups is 1. The van der Waals surface area contributed by atoms with Crippen molar-refractivity contribution >= 4 is 22.7 Å². The highest BCUT2D eigenvalue weighted by Crippen LogP contribution is 2.31. The van der Waals surface area contributed by atoms with E-state index in [0.717, 1.165) is 11.1 Å². The van der Waals surface area contributed by atoms with Crippen molar-refractivity contribution in [2.24, 2.45) is 0 Å². The van der Waals surface area contributed by atoms with Gasteiger partial charge in [-0.1, -0.05) is 36.0 Å². The molecule has 158 valence electrons. The molecule has 0 aromatic heterocycles. The van der Waals surface area contributed by atoms with Crippen LogP contribution < -0.4 is 9.47 Å². The molecule has 0 saturated heterocycles. The Balaban J connectivity index is 1.79. The third-order valence-corrected chi connectivity index (χ3v) is 5.05. The quantitative estimate of drug-likeness (QED) is 0.516. The number of nitrogens with one attached hydrogen (secondary N) is 1. The molecule has 2 aromatic carbocycles. The van der Waals surface area contributed by atoms with E-state index >= 15 is 0 Å². The summed E-state index contributed by atoms with van der Waals surface area (Å²) >= 11 is 1.24. The molecule has 30 heavy (non-hydrogen) atoms. The Bertz CT molecular complexity index is 959. The second-order valence-corrected chi connectivity index (χ2v) is 7.44. The normalized spacial score (nSPS) is 14.3. The van der Waals surface area contributed by atoms with E-state index in [0.29, 0.717) is 16.4 Å². The third-order valence-electron chi connectivity index (χ3n) is 4.23. The number of rotatable bonds is 5. The summed E-state index contributed by atoms with van der Waals surface area (Å²) in [5, 5.41) is 10.1. The van der Waals surface area contributed by atoms with E-state index in [2.05, 4.69) is 4.74 Å². The molecule has 3 rings (SSSR count). The van der Waals surface area contributed by atoms with Gasteiger partial charge in [0.15, 0.2) is 6.61 Å². The number of halogens is 3. The molecule has 1 heterocycles. The average Bonchev–Trinajstić information content (AvgIpc) is 2.84. The topological polar surface area (TPSA) is 62.6 Å². The predicted molar refractivity (Wildman–Crippen MR) is 110 cm³/mol. The van der Waals surface area contributed by atoms with Crippen LogP contribution in [0.25, 0.3) is 11.1 Å². The first-order valence-electron chi connectivity index (χ1n) is 9.00. The van der Waals surface area contributed by atoms with Crippen molar-refractivity contribution in [2.75, 3.05) is 13.2 Å². The summed E-state index contributed by atoms with van der Waals surface area (Å²) in [6.07, 6.45) is -2.92. The molecule has 0 saturated carbocycles. The Morgan fingerprint density at radius 1 is 1.23 bits per heavy atom. The SMILES string of the molecule is CC=CSC(=N)CN1Cc2cc(-c3ccc(OC(F)(F)F)cc3)ccc2OCC1=O. The molecule has 0 aliphatic carbocycles. The summed E-state index contributed by atoms with van der Waals surface area (Å²) in [6, 6.07) is 10.9. The molecule has 2 aromatic rings. The summed E-state index contributed by atoms with van der Waals surface area (Å²) in [7, 11) is 0. The van der Waals surface area contributed by atoms with Gasteiger partial charge in [0.1, 0.15) is 11.5 Å². The highest BCUT2D eigenvalue weighted by atomic mass is 32.2. The minimum atomic E-state index is -4.74. The van der Waals surface area contributed by atoms with Gasteiger partial charge in [-0.3, -0.25) is 10.2 Å². The molecular formula is C21H19F3N2O3S. The van der Waals surface area contributed by atoms with Gasteiger partial charge in [-0.15, -0.1) is 13.2 Å². The van der Waals surface area contributed by atoms with E-state index in [1.54, 1.807) is 22.4 Å². The molecule has 0 unspecified atom stereocenters. The Morgan fingerprint density at radius 3 is 2.60 bits per heavy atom. The molecule has 9 heteroatoms. The summed E-state index contributed by atoms with van der Waals surface area (Å²) in [5.41, 5.74) is 2.23. The van der Waals surface area contributed by atoms with Crippen molar-refractivity contribution in [3.05, 3.63) is 59.5 Å². The molecule has 5 nitrogen and oxygen atoms in total. The zero-order chi connectivity index (χ0) is 21.7. The fourth-order valence-electron chi connectivity index (χ4n) is 2.90. The number of hydrogen-bond donors (Lipinski definition) is 1. The molecule has 1 aliphatic heterocycles. The van der Waals surface area contributed by atoms with Crippen LogP contribution in [0.5, 0.6) is 11.5 Å². The van der Waals surface area contributed by atoms with Crippen LogP contribution in [0.4, 0.5) is 13.2 Å². The Morgan fingerprint density at radius 2 is 1.93 bits per heavy atom. The second kappa shape index (κ2) is 9.25. The minimum Gasteiger partial charge on any atom is -0.483 e. The number of amides is 1. The van der Waals surface area contributed by atoms with Gasteiger partial charge in [-0.25, -0.2) is 0 Å². The van der Waals surface area contributed by atoms with Crippen LogP contribution in [0.3, 0.4) is 0 Å². The fourth-order valence-corrected chi connectivity index (χ4v) is 3.43. The number of carbonyl (C=O) groups is 1. The zero-order valence-electron chi connectivity index (χ0n) is 16.0. The number of allylic oxidation sites excluding steroid dienone is 1. The summed E-state index contributed by atoms with van der Waals surface area (Å²) < 4.78 is 46.5. The average molecular weight is 436 g/mol. The maximum atomic E-state index is 12.4. The van der Waals surface area contributed by atoms with Crippen LogP contribution in [0.1, 0.15) is 12.5 Å². The first-order chi connectivity index (χ1) is 14.2. The number of alkyl halides is 3. The number of benzene rings is 2. The lowest BCUT2D eigenvalue weighted by atomic mass is 10.0. The van der Waals surface area contributed by atoms with Crippen LogP contribution in [0.15, 0.2) is 53.9 Å². The van der Waals surface area contributed by atoms with Crippen molar-refractivity contribution in [3.8, 4) is 22.6 Å². The fraction of sp³-hybridized carbons (Fsp3) is 0.238. The summed E-state index contributed by atoms with van der Waals surface area (Å²) in [4.78, 5) is 13.9. The Hall–Kier alpha value is -2.94. The third kappa shape index (κ3) is 5.79. The lowest BCUT2D eigenvalue weighted by molar-refractivity contribution is -0.274. The van der Waals surface area contributed by atoms with Crippen LogP contribution >= 0.6 is 11.8 Å². The van der Waals surface area contributed by atoms with Crippen LogP contribution in [-0.4, -0.2) is 35.4 Å². The molecule has 0 radical (unpaired) electrons. The van der Waals surface area contributed by atoms with Crippen LogP contribution in [0, 0.1) is 5.41 Å². The molecule has 1 aliphatic rings. The monoisotopic (exact) mass is 436 g/mol. The van der Waals surface area contributed by atoms with Crippen LogP contribution in [-0.2, 0) is 11.3 Å². The number of fused-ring (bicyclic) bond motifs is 1. The van der Waals surface area contributed by atoms with E-state index < -0.39 is 6.36 Å². The van der Waals surface area contributed by atoms with E-state index in [4.69, 9.17) is 10.1 Å². The van der Waals surface area contributed by atoms with E-state index in [1.165, 1.54) is 36.0 Å². The second-order valence-electron chi connectivity index (χ2n) is 6.44. The van der Waals surface area contributed by atoms with E-state index in [9.17, 15) is 18.0 Å². The van der Waals surface area contributed by atoms with Gasteiger partial charge in [-0.2, -0.15) is 0 Å². The van der Waals surface area contributed by atoms with Gasteiger partial charge in [0, 0.05) is 12.1 Å². The first-order valence-corrected chi connectivity index (χ1v) is 9.88. The van der Waals surface area contributed by atoms with Crippen molar-refractivity contribution in [1.29, 1.82) is 5.41 Å². The van der Waals surface area contributed by atoms with Crippen molar-refractivity contribution in [3.63, 3.8) is 0 Å². The highest BCUT2D eigenvalue weighted by molar-refractivity contribution is 8.16. The van der Waals surface area contributed by atoms with Gasteiger partial charge in [-0.05, 0) is 47.7 Å². The maximum absolute atomic E-state index is 12.4. The molecular weight excluding hydrogens is 417 g/mol. The smallest absolute Gasteiger partial charge is 0.483 e. The van der Waals surface area contributed by atoms with Crippen molar-refractivity contribution < 1.29 is 27.4 Å². The number of nitrogens with zero attached hydrogens (tertiary/aromatic N) is 1. The van der Waals surface area contributed by atoms with Gasteiger partial charge in [0.25, 0.3) is 5.91 Å². The predicted octanol–water partition coefficient (Wildman–Crippen LogP) is 5.22. The number of ether oxygens (including phenoxy) is 2. The largest absolute Gasteiger partial charge is 0.573 e. The van der Waals surface area contributed by atoms with Gasteiger partial charge >= 0.3 is 6.36 Å². The summed E-state index contributed by atoms with van der Waals surface area (Å²) in [6.45, 7) is 2.18. The van der Waals surface area contributed by atoms with Gasteiger partial charge in [0.2, 0.25) is 0 Å². The lowest BCUT2D eigenvalue weighted by Crippen LogP contribution is -2.35. The molecule has 0 spiro atoms. The minimum absolute atomic E-state index is 0.114. The Labute approximate surface area is 176 Å². The van der Waals surface area contributed by atoms with Gasteiger partial charge in [0.05, 0.1) is 11.6 Å². The first kappa shape index (κ1) is 21.8. The maximum Gasteiger partial charge on any atom is 0.573 e. The molecule has 0 atom stereocenters. The molecule has 1 amide bonds. The highest BCUT2D eigenvalue weighted by Gasteiger charge is 2.31. The van der Waals surface area contributed by atoms with Gasteiger partial charge < -0.3 is 14.4 Å². The van der Waals surface area contributed by atoms with E-state index in [1.807, 2.05) is 19.1 Å². The zero-order valence-corrected chi connectivity index (χ0v) is 16.8. The number of hydrogen-bond acceptors (Lipinski definition) is 5. The summed E-state index contributed by atoms with van der Waals surface area (Å²) in [5.74, 6) is 0.0600. The Kier molecular flexibility index (Phi) is 6.71. The van der Waals surface area contributed by atoms with E-state index in [-0.39, 0.29) is 31.4 Å². The lowest BCUT2D eigenvalue weighted by Gasteiger charge is -2.20. The standard InChI is InChI=1S/C21H19F3N2O3S/c1-2-9-30-19(25)12-26-11-16-10-15(5-8-18(16)28-13-20(26)27)14-3-6-17(7-4-14)29-21(22,23)24/h2-10,25H,11-13H2,1H3. The molecule has 1 N–H and O–H groups in total. The molecule has 0 bridgehead atoms. The number of carbonyl (C=O) groups excluding carboxylic acids is 1. The van der Waals surface area contributed by atoms with Crippen molar-refractivity contribution in [2.45, 2.75) is 19.8 Å². The molecule has 0 fully saturated rings.